The molecule has 0 aliphatic rings. The Hall–Kier alpha value is 0.800. The van der Waals surface area contributed by atoms with Gasteiger partial charge in [-0.3, -0.25) is 8.74 Å². The molecule has 0 fully saturated rings. The van der Waals surface area contributed by atoms with Gasteiger partial charge in [0.2, 0.25) is 0 Å². The molecule has 0 rings (SSSR count). The van der Waals surface area contributed by atoms with Gasteiger partial charge in [0.05, 0.1) is 0 Å². The molecule has 5 heteroatoms. The summed E-state index contributed by atoms with van der Waals surface area (Å²) in [5, 5.41) is 0. The van der Waals surface area contributed by atoms with E-state index in [1.165, 1.54) is 0 Å². The fraction of sp³-hybridized carbons (Fsp3) is 1.00. The summed E-state index contributed by atoms with van der Waals surface area (Å²) >= 11 is -0.246. The summed E-state index contributed by atoms with van der Waals surface area (Å²) < 4.78 is 21.6. The van der Waals surface area contributed by atoms with Crippen molar-refractivity contribution in [2.24, 2.45) is 0 Å². The van der Waals surface area contributed by atoms with E-state index in [4.69, 9.17) is 4.55 Å². The summed E-state index contributed by atoms with van der Waals surface area (Å²) in [6.45, 7) is 0. The van der Waals surface area contributed by atoms with Crippen LogP contribution in [-0.4, -0.2) is 13.4 Å². The summed E-state index contributed by atoms with van der Waals surface area (Å²) in [7, 11) is 0. The Balaban J connectivity index is 2.83. The van der Waals surface area contributed by atoms with E-state index in [1.54, 1.807) is 0 Å². The Labute approximate surface area is 51.7 Å². The van der Waals surface area contributed by atoms with Crippen LogP contribution < -0.4 is 0 Å². The number of alkyl halides is 1. The first-order valence-electron chi connectivity index (χ1n) is 1.07. The zero-order valence-corrected chi connectivity index (χ0v) is 5.73. The van der Waals surface area contributed by atoms with E-state index in [-0.39, 0.29) is 4.61 Å². The van der Waals surface area contributed by atoms with Crippen LogP contribution in [0.5, 0.6) is 0 Å². The van der Waals surface area contributed by atoms with Crippen molar-refractivity contribution in [2.75, 3.05) is 4.61 Å². The Morgan fingerprint density at radius 3 is 2.50 bits per heavy atom. The average molecular weight is 222 g/mol. The van der Waals surface area contributed by atoms with Crippen molar-refractivity contribution in [1.82, 2.24) is 0 Å². The van der Waals surface area contributed by atoms with E-state index in [1.807, 2.05) is 22.6 Å². The second kappa shape index (κ2) is 3.97. The molecule has 0 aromatic rings. The molecule has 0 saturated carbocycles. The predicted octanol–water partition coefficient (Wildman–Crippen LogP) is 0.532. The molecule has 0 spiro atoms. The number of hydrogen-bond donors (Lipinski definition) is 1. The minimum atomic E-state index is -2.07. The lowest BCUT2D eigenvalue weighted by Crippen LogP contribution is -1.89. The van der Waals surface area contributed by atoms with Crippen molar-refractivity contribution >= 4 is 34.0 Å². The van der Waals surface area contributed by atoms with Gasteiger partial charge in [0.25, 0.3) is 0 Å². The molecule has 0 radical (unpaired) electrons. The van der Waals surface area contributed by atoms with Crippen LogP contribution in [0, 0.1) is 0 Å². The molecule has 0 aliphatic heterocycles. The van der Waals surface area contributed by atoms with Gasteiger partial charge in [0, 0.05) is 0 Å². The molecule has 1 unspecified atom stereocenters. The second-order valence-electron chi connectivity index (χ2n) is 0.444. The summed E-state index contributed by atoms with van der Waals surface area (Å²) in [4.78, 5) is 0. The third kappa shape index (κ3) is 4.80. The summed E-state index contributed by atoms with van der Waals surface area (Å²) in [6.07, 6.45) is 0. The molecule has 0 heterocycles. The highest BCUT2D eigenvalue weighted by Gasteiger charge is 1.83. The van der Waals surface area contributed by atoms with Gasteiger partial charge in [-0.25, -0.2) is 0 Å². The first kappa shape index (κ1) is 6.80. The van der Waals surface area contributed by atoms with Crippen LogP contribution in [0.3, 0.4) is 0 Å². The number of rotatable bonds is 2. The SMILES string of the molecule is O=S(O)OCI. The van der Waals surface area contributed by atoms with Crippen molar-refractivity contribution in [1.29, 1.82) is 0 Å². The maximum atomic E-state index is 9.48. The lowest BCUT2D eigenvalue weighted by molar-refractivity contribution is 0.372. The highest BCUT2D eigenvalue weighted by Crippen LogP contribution is 1.84. The molecule has 1 N–H and O–H groups in total. The third-order valence-corrected chi connectivity index (χ3v) is 1.20. The first-order chi connectivity index (χ1) is 2.77. The van der Waals surface area contributed by atoms with Gasteiger partial charge in [-0.2, -0.15) is 4.21 Å². The lowest BCUT2D eigenvalue weighted by atomic mass is 11.8. The zero-order valence-electron chi connectivity index (χ0n) is 2.76. The van der Waals surface area contributed by atoms with E-state index in [2.05, 4.69) is 4.18 Å². The van der Waals surface area contributed by atoms with Crippen LogP contribution in [0.2, 0.25) is 0 Å². The molecular formula is CH3IO3S. The lowest BCUT2D eigenvalue weighted by Gasteiger charge is -1.83. The molecule has 6 heavy (non-hydrogen) atoms. The standard InChI is InChI=1S/CH3IO3S/c2-1-5-6(3)4/h1H2,(H,3,4). The van der Waals surface area contributed by atoms with Crippen molar-refractivity contribution < 1.29 is 12.9 Å². The fourth-order valence-electron chi connectivity index (χ4n) is 0.0381. The zero-order chi connectivity index (χ0) is 4.99. The number of hydrogen-bond acceptors (Lipinski definition) is 2. The van der Waals surface area contributed by atoms with Gasteiger partial charge in [-0.1, -0.05) is 22.6 Å². The van der Waals surface area contributed by atoms with Gasteiger partial charge >= 0.3 is 11.4 Å². The van der Waals surface area contributed by atoms with Crippen LogP contribution in [0.4, 0.5) is 0 Å². The highest BCUT2D eigenvalue weighted by molar-refractivity contribution is 14.1. The van der Waals surface area contributed by atoms with Crippen LogP contribution in [0.1, 0.15) is 0 Å². The van der Waals surface area contributed by atoms with E-state index >= 15 is 0 Å². The van der Waals surface area contributed by atoms with Gasteiger partial charge < -0.3 is 0 Å². The quantitative estimate of drug-likeness (QED) is 0.421. The Bertz CT molecular complexity index is 54.8. The normalized spacial score (nSPS) is 14.3. The molecular weight excluding hydrogens is 219 g/mol. The van der Waals surface area contributed by atoms with E-state index in [9.17, 15) is 4.21 Å². The molecule has 0 aromatic heterocycles. The molecule has 1 atom stereocenters. The molecule has 38 valence electrons. The van der Waals surface area contributed by atoms with Crippen LogP contribution >= 0.6 is 22.6 Å². The van der Waals surface area contributed by atoms with E-state index in [0.29, 0.717) is 0 Å². The molecule has 0 bridgehead atoms. The van der Waals surface area contributed by atoms with Gasteiger partial charge in [-0.15, -0.1) is 0 Å². The maximum Gasteiger partial charge on any atom is 0.302 e. The molecule has 0 aliphatic carbocycles. The van der Waals surface area contributed by atoms with Crippen LogP contribution in [-0.2, 0) is 15.5 Å². The van der Waals surface area contributed by atoms with Crippen molar-refractivity contribution in [2.45, 2.75) is 0 Å². The van der Waals surface area contributed by atoms with E-state index < -0.39 is 11.4 Å². The van der Waals surface area contributed by atoms with Crippen LogP contribution in [0.15, 0.2) is 0 Å². The average Bonchev–Trinajstić information content (AvgIpc) is 1.35. The van der Waals surface area contributed by atoms with Crippen molar-refractivity contribution in [3.63, 3.8) is 0 Å². The third-order valence-electron chi connectivity index (χ3n) is 0.145. The summed E-state index contributed by atoms with van der Waals surface area (Å²) in [5.41, 5.74) is 0. The minimum Gasteiger partial charge on any atom is -0.284 e. The minimum absolute atomic E-state index is 0.251. The topological polar surface area (TPSA) is 46.5 Å². The Morgan fingerprint density at radius 2 is 2.50 bits per heavy atom. The summed E-state index contributed by atoms with van der Waals surface area (Å²) in [5.74, 6) is 0. The predicted molar refractivity (Wildman–Crippen MR) is 30.7 cm³/mol. The fourth-order valence-corrected chi connectivity index (χ4v) is 0.767. The van der Waals surface area contributed by atoms with Crippen molar-refractivity contribution in [3.8, 4) is 0 Å². The van der Waals surface area contributed by atoms with E-state index in [0.717, 1.165) is 0 Å². The summed E-state index contributed by atoms with van der Waals surface area (Å²) in [6, 6.07) is 0. The van der Waals surface area contributed by atoms with Crippen LogP contribution in [0.25, 0.3) is 0 Å². The smallest absolute Gasteiger partial charge is 0.284 e. The van der Waals surface area contributed by atoms with Crippen molar-refractivity contribution in [3.05, 3.63) is 0 Å². The second-order valence-corrected chi connectivity index (χ2v) is 1.74. The Kier molecular flexibility index (Phi) is 4.50. The monoisotopic (exact) mass is 222 g/mol. The largest absolute Gasteiger partial charge is 0.302 e. The molecule has 0 amide bonds. The van der Waals surface area contributed by atoms with Gasteiger partial charge in [0.1, 0.15) is 4.61 Å². The molecule has 3 nitrogen and oxygen atoms in total. The highest BCUT2D eigenvalue weighted by atomic mass is 127. The maximum absolute atomic E-state index is 9.48. The first-order valence-corrected chi connectivity index (χ1v) is 3.63. The Morgan fingerprint density at radius 1 is 2.00 bits per heavy atom. The molecule has 0 aromatic carbocycles. The molecule has 0 saturated heterocycles. The van der Waals surface area contributed by atoms with Gasteiger partial charge in [-0.05, 0) is 0 Å². The van der Waals surface area contributed by atoms with Gasteiger partial charge in [0.15, 0.2) is 0 Å². The number of halogens is 1.